The first-order valence-electron chi connectivity index (χ1n) is 6.71. The molecule has 2 nitrogen and oxygen atoms in total. The van der Waals surface area contributed by atoms with E-state index < -0.39 is 5.54 Å². The molecule has 0 saturated heterocycles. The third kappa shape index (κ3) is 2.81. The molecule has 0 aromatic heterocycles. The fourth-order valence-corrected chi connectivity index (χ4v) is 2.56. The van der Waals surface area contributed by atoms with Gasteiger partial charge in [0.15, 0.2) is 5.78 Å². The van der Waals surface area contributed by atoms with Gasteiger partial charge in [-0.25, -0.2) is 0 Å². The van der Waals surface area contributed by atoms with E-state index in [0.717, 1.165) is 24.2 Å². The monoisotopic (exact) mass is 247 g/mol. The molecule has 1 rings (SSSR count). The molecular formula is C16H25NO. The van der Waals surface area contributed by atoms with Gasteiger partial charge >= 0.3 is 0 Å². The summed E-state index contributed by atoms with van der Waals surface area (Å²) < 4.78 is 0. The number of carbonyl (C=O) groups is 1. The lowest BCUT2D eigenvalue weighted by Crippen LogP contribution is -2.50. The fourth-order valence-electron chi connectivity index (χ4n) is 2.56. The molecule has 0 saturated carbocycles. The van der Waals surface area contributed by atoms with Crippen LogP contribution in [0.3, 0.4) is 0 Å². The van der Waals surface area contributed by atoms with Crippen LogP contribution in [0.1, 0.15) is 49.2 Å². The standard InChI is InChI=1S/C16H25NO/c1-7-17(8-2)16(5,6)15(18)14-10-9-12(3)11-13(14)4/h9-11H,7-8H2,1-6H3. The first-order valence-corrected chi connectivity index (χ1v) is 6.71. The molecule has 0 fully saturated rings. The largest absolute Gasteiger partial charge is 0.292 e. The SMILES string of the molecule is CCN(CC)C(C)(C)C(=O)c1ccc(C)cc1C. The summed E-state index contributed by atoms with van der Waals surface area (Å²) in [7, 11) is 0. The first kappa shape index (κ1) is 14.9. The van der Waals surface area contributed by atoms with Crippen LogP contribution >= 0.6 is 0 Å². The van der Waals surface area contributed by atoms with E-state index in [9.17, 15) is 4.79 Å². The summed E-state index contributed by atoms with van der Waals surface area (Å²) in [6.45, 7) is 14.1. The van der Waals surface area contributed by atoms with Crippen molar-refractivity contribution in [2.24, 2.45) is 0 Å². The van der Waals surface area contributed by atoms with Crippen molar-refractivity contribution in [3.63, 3.8) is 0 Å². The predicted molar refractivity (Wildman–Crippen MR) is 77.2 cm³/mol. The Morgan fingerprint density at radius 2 is 1.72 bits per heavy atom. The molecule has 0 radical (unpaired) electrons. The quantitative estimate of drug-likeness (QED) is 0.741. The number of carbonyl (C=O) groups excluding carboxylic acids is 1. The third-order valence-corrected chi connectivity index (χ3v) is 3.74. The second kappa shape index (κ2) is 5.66. The number of hydrogen-bond donors (Lipinski definition) is 0. The number of rotatable bonds is 5. The molecule has 0 unspecified atom stereocenters. The molecule has 2 heteroatoms. The zero-order valence-corrected chi connectivity index (χ0v) is 12.5. The predicted octanol–water partition coefficient (Wildman–Crippen LogP) is 3.61. The van der Waals surface area contributed by atoms with Gasteiger partial charge in [-0.15, -0.1) is 0 Å². The molecule has 0 spiro atoms. The number of ketones is 1. The van der Waals surface area contributed by atoms with Gasteiger partial charge in [-0.2, -0.15) is 0 Å². The number of aryl methyl sites for hydroxylation is 2. The molecule has 1 aromatic rings. The van der Waals surface area contributed by atoms with Crippen LogP contribution in [0.2, 0.25) is 0 Å². The van der Waals surface area contributed by atoms with E-state index in [1.807, 2.05) is 32.9 Å². The van der Waals surface area contributed by atoms with Gasteiger partial charge in [0, 0.05) is 5.56 Å². The number of Topliss-reactive ketones (excluding diaryl/α,β-unsaturated/α-hetero) is 1. The Morgan fingerprint density at radius 3 is 2.17 bits per heavy atom. The van der Waals surface area contributed by atoms with Crippen molar-refractivity contribution in [2.45, 2.75) is 47.1 Å². The van der Waals surface area contributed by atoms with Crippen LogP contribution in [-0.2, 0) is 0 Å². The average Bonchev–Trinajstić information content (AvgIpc) is 2.29. The summed E-state index contributed by atoms with van der Waals surface area (Å²) in [6, 6.07) is 6.04. The normalized spacial score (nSPS) is 11.9. The molecule has 1 aromatic carbocycles. The van der Waals surface area contributed by atoms with Gasteiger partial charge in [-0.3, -0.25) is 9.69 Å². The highest BCUT2D eigenvalue weighted by molar-refractivity contribution is 6.03. The molecule has 0 aliphatic rings. The van der Waals surface area contributed by atoms with E-state index in [4.69, 9.17) is 0 Å². The maximum absolute atomic E-state index is 12.7. The Labute approximate surface area is 111 Å². The molecule has 0 aliphatic carbocycles. The molecule has 0 bridgehead atoms. The van der Waals surface area contributed by atoms with Crippen LogP contribution in [0.5, 0.6) is 0 Å². The average molecular weight is 247 g/mol. The van der Waals surface area contributed by atoms with E-state index >= 15 is 0 Å². The second-order valence-corrected chi connectivity index (χ2v) is 5.38. The molecule has 0 aliphatic heterocycles. The minimum atomic E-state index is -0.441. The molecule has 0 N–H and O–H groups in total. The first-order chi connectivity index (χ1) is 8.34. The molecule has 0 amide bonds. The third-order valence-electron chi connectivity index (χ3n) is 3.74. The minimum absolute atomic E-state index is 0.212. The zero-order chi connectivity index (χ0) is 13.9. The maximum Gasteiger partial charge on any atom is 0.182 e. The van der Waals surface area contributed by atoms with Crippen LogP contribution in [-0.4, -0.2) is 29.3 Å². The summed E-state index contributed by atoms with van der Waals surface area (Å²) >= 11 is 0. The van der Waals surface area contributed by atoms with Gasteiger partial charge in [0.1, 0.15) is 0 Å². The van der Waals surface area contributed by atoms with Crippen LogP contribution in [0.4, 0.5) is 0 Å². The molecule has 0 atom stereocenters. The molecule has 18 heavy (non-hydrogen) atoms. The zero-order valence-electron chi connectivity index (χ0n) is 12.5. The van der Waals surface area contributed by atoms with Crippen LogP contribution < -0.4 is 0 Å². The molecule has 100 valence electrons. The molecule has 0 heterocycles. The summed E-state index contributed by atoms with van der Waals surface area (Å²) in [6.07, 6.45) is 0. The summed E-state index contributed by atoms with van der Waals surface area (Å²) in [5.41, 5.74) is 2.67. The highest BCUT2D eigenvalue weighted by Crippen LogP contribution is 2.23. The Morgan fingerprint density at radius 1 is 1.17 bits per heavy atom. The summed E-state index contributed by atoms with van der Waals surface area (Å²) in [5.74, 6) is 0.212. The van der Waals surface area contributed by atoms with Gasteiger partial charge in [0.2, 0.25) is 0 Å². The lowest BCUT2D eigenvalue weighted by molar-refractivity contribution is 0.0668. The highest BCUT2D eigenvalue weighted by atomic mass is 16.1. The topological polar surface area (TPSA) is 20.3 Å². The maximum atomic E-state index is 12.7. The Bertz CT molecular complexity index is 431. The van der Waals surface area contributed by atoms with E-state index in [1.165, 1.54) is 5.56 Å². The fraction of sp³-hybridized carbons (Fsp3) is 0.562. The van der Waals surface area contributed by atoms with Gasteiger partial charge in [0.05, 0.1) is 5.54 Å². The van der Waals surface area contributed by atoms with Gasteiger partial charge in [-0.05, 0) is 46.3 Å². The summed E-state index contributed by atoms with van der Waals surface area (Å²) in [5, 5.41) is 0. The van der Waals surface area contributed by atoms with E-state index in [-0.39, 0.29) is 5.78 Å². The molecular weight excluding hydrogens is 222 g/mol. The van der Waals surface area contributed by atoms with Gasteiger partial charge in [-0.1, -0.05) is 37.6 Å². The summed E-state index contributed by atoms with van der Waals surface area (Å²) in [4.78, 5) is 14.9. The number of likely N-dealkylation sites (N-methyl/N-ethyl adjacent to an activating group) is 1. The Hall–Kier alpha value is -1.15. The second-order valence-electron chi connectivity index (χ2n) is 5.38. The Kier molecular flexibility index (Phi) is 4.69. The number of nitrogens with zero attached hydrogens (tertiary/aromatic N) is 1. The van der Waals surface area contributed by atoms with Crippen molar-refractivity contribution in [3.05, 3.63) is 34.9 Å². The van der Waals surface area contributed by atoms with Crippen molar-refractivity contribution < 1.29 is 4.79 Å². The smallest absolute Gasteiger partial charge is 0.182 e. The Balaban J connectivity index is 3.13. The van der Waals surface area contributed by atoms with Crippen molar-refractivity contribution in [3.8, 4) is 0 Å². The van der Waals surface area contributed by atoms with Crippen molar-refractivity contribution in [1.29, 1.82) is 0 Å². The van der Waals surface area contributed by atoms with Crippen molar-refractivity contribution in [1.82, 2.24) is 4.90 Å². The van der Waals surface area contributed by atoms with Crippen molar-refractivity contribution in [2.75, 3.05) is 13.1 Å². The van der Waals surface area contributed by atoms with E-state index in [1.54, 1.807) is 0 Å². The van der Waals surface area contributed by atoms with E-state index in [2.05, 4.69) is 31.7 Å². The highest BCUT2D eigenvalue weighted by Gasteiger charge is 2.33. The van der Waals surface area contributed by atoms with Crippen LogP contribution in [0.15, 0.2) is 18.2 Å². The lowest BCUT2D eigenvalue weighted by Gasteiger charge is -2.36. The minimum Gasteiger partial charge on any atom is -0.292 e. The van der Waals surface area contributed by atoms with E-state index in [0.29, 0.717) is 0 Å². The lowest BCUT2D eigenvalue weighted by atomic mass is 9.88. The van der Waals surface area contributed by atoms with Crippen LogP contribution in [0.25, 0.3) is 0 Å². The number of hydrogen-bond acceptors (Lipinski definition) is 2. The van der Waals surface area contributed by atoms with Gasteiger partial charge in [0.25, 0.3) is 0 Å². The van der Waals surface area contributed by atoms with Crippen LogP contribution in [0, 0.1) is 13.8 Å². The van der Waals surface area contributed by atoms with Crippen molar-refractivity contribution >= 4 is 5.78 Å². The van der Waals surface area contributed by atoms with Gasteiger partial charge < -0.3 is 0 Å². The number of benzene rings is 1.